The predicted molar refractivity (Wildman–Crippen MR) is 109 cm³/mol. The molecular weight excluding hydrogens is 372 g/mol. The maximum absolute atomic E-state index is 12.6. The molecule has 0 saturated heterocycles. The number of thioether (sulfide) groups is 1. The van der Waals surface area contributed by atoms with Gasteiger partial charge < -0.3 is 9.73 Å². The average Bonchev–Trinajstić information content (AvgIpc) is 3.39. The second-order valence-electron chi connectivity index (χ2n) is 6.07. The summed E-state index contributed by atoms with van der Waals surface area (Å²) >= 11 is 1.35. The molecule has 6 nitrogen and oxygen atoms in total. The Balaban J connectivity index is 1.62. The van der Waals surface area contributed by atoms with Gasteiger partial charge in [-0.15, -0.1) is 10.2 Å². The second kappa shape index (κ2) is 8.14. The molecule has 2 aromatic carbocycles. The lowest BCUT2D eigenvalue weighted by atomic mass is 10.3. The smallest absolute Gasteiger partial charge is 0.237 e. The number of anilines is 1. The molecule has 0 bridgehead atoms. The monoisotopic (exact) mass is 390 g/mol. The summed E-state index contributed by atoms with van der Waals surface area (Å²) in [5, 5.41) is 11.8. The Bertz CT molecular complexity index is 1050. The lowest BCUT2D eigenvalue weighted by molar-refractivity contribution is -0.115. The van der Waals surface area contributed by atoms with Crippen molar-refractivity contribution >= 4 is 23.4 Å². The fourth-order valence-corrected chi connectivity index (χ4v) is 3.57. The van der Waals surface area contributed by atoms with Crippen LogP contribution in [-0.4, -0.2) is 25.9 Å². The minimum Gasteiger partial charge on any atom is -0.461 e. The molecule has 0 saturated carbocycles. The number of aromatic nitrogens is 3. The van der Waals surface area contributed by atoms with Gasteiger partial charge in [-0.2, -0.15) is 0 Å². The number of carbonyl (C=O) groups excluding carboxylic acids is 1. The predicted octanol–water partition coefficient (Wildman–Crippen LogP) is 4.65. The van der Waals surface area contributed by atoms with E-state index in [1.807, 2.05) is 84.3 Å². The van der Waals surface area contributed by atoms with Crippen molar-refractivity contribution in [1.82, 2.24) is 14.8 Å². The summed E-state index contributed by atoms with van der Waals surface area (Å²) in [4.78, 5) is 12.6. The van der Waals surface area contributed by atoms with Gasteiger partial charge in [-0.05, 0) is 43.3 Å². The van der Waals surface area contributed by atoms with E-state index in [1.54, 1.807) is 6.26 Å². The van der Waals surface area contributed by atoms with E-state index in [2.05, 4.69) is 15.5 Å². The molecule has 1 amide bonds. The minimum absolute atomic E-state index is 0.0987. The van der Waals surface area contributed by atoms with Crippen molar-refractivity contribution in [2.24, 2.45) is 0 Å². The molecule has 0 radical (unpaired) electrons. The summed E-state index contributed by atoms with van der Waals surface area (Å²) in [6, 6.07) is 22.8. The van der Waals surface area contributed by atoms with E-state index in [0.29, 0.717) is 16.7 Å². The molecule has 0 aliphatic heterocycles. The van der Waals surface area contributed by atoms with Crippen molar-refractivity contribution in [2.45, 2.75) is 17.3 Å². The van der Waals surface area contributed by atoms with Crippen molar-refractivity contribution in [3.05, 3.63) is 79.1 Å². The standard InChI is InChI=1S/C21H18N4O2S/c1-15(20(26)22-16-9-4-2-5-10-16)28-21-24-23-19(18-13-8-14-27-18)25(21)17-11-6-3-7-12-17/h2-15H,1H3,(H,22,26). The first-order valence-electron chi connectivity index (χ1n) is 8.79. The second-order valence-corrected chi connectivity index (χ2v) is 7.38. The van der Waals surface area contributed by atoms with E-state index in [4.69, 9.17) is 4.42 Å². The highest BCUT2D eigenvalue weighted by Crippen LogP contribution is 2.30. The van der Waals surface area contributed by atoms with Gasteiger partial charge >= 0.3 is 0 Å². The molecule has 1 unspecified atom stereocenters. The summed E-state index contributed by atoms with van der Waals surface area (Å²) in [5.41, 5.74) is 1.66. The van der Waals surface area contributed by atoms with Gasteiger partial charge in [0.05, 0.1) is 11.5 Å². The Kier molecular flexibility index (Phi) is 5.25. The number of amides is 1. The molecule has 0 aliphatic carbocycles. The molecule has 28 heavy (non-hydrogen) atoms. The first-order valence-corrected chi connectivity index (χ1v) is 9.67. The van der Waals surface area contributed by atoms with Crippen molar-refractivity contribution in [1.29, 1.82) is 0 Å². The first kappa shape index (κ1) is 18.1. The zero-order chi connectivity index (χ0) is 19.3. The van der Waals surface area contributed by atoms with E-state index < -0.39 is 0 Å². The van der Waals surface area contributed by atoms with Crippen LogP contribution in [0.25, 0.3) is 17.3 Å². The molecule has 4 rings (SSSR count). The number of carbonyl (C=O) groups is 1. The molecule has 1 atom stereocenters. The molecule has 0 fully saturated rings. The highest BCUT2D eigenvalue weighted by Gasteiger charge is 2.22. The van der Waals surface area contributed by atoms with Crippen LogP contribution in [0.2, 0.25) is 0 Å². The molecule has 140 valence electrons. The van der Waals surface area contributed by atoms with Crippen LogP contribution in [0, 0.1) is 0 Å². The van der Waals surface area contributed by atoms with Crippen LogP contribution in [0.1, 0.15) is 6.92 Å². The van der Waals surface area contributed by atoms with Crippen molar-refractivity contribution in [3.63, 3.8) is 0 Å². The number of hydrogen-bond donors (Lipinski definition) is 1. The minimum atomic E-state index is -0.365. The largest absolute Gasteiger partial charge is 0.461 e. The van der Waals surface area contributed by atoms with Crippen molar-refractivity contribution in [2.75, 3.05) is 5.32 Å². The highest BCUT2D eigenvalue weighted by atomic mass is 32.2. The third-order valence-electron chi connectivity index (χ3n) is 4.08. The quantitative estimate of drug-likeness (QED) is 0.485. The Morgan fingerprint density at radius 1 is 1.00 bits per heavy atom. The normalized spacial score (nSPS) is 11.9. The third kappa shape index (κ3) is 3.84. The molecule has 2 heterocycles. The van der Waals surface area contributed by atoms with Crippen LogP contribution in [0.15, 0.2) is 88.6 Å². The molecular formula is C21H18N4O2S. The van der Waals surface area contributed by atoms with Crippen LogP contribution in [0.5, 0.6) is 0 Å². The van der Waals surface area contributed by atoms with Crippen molar-refractivity contribution < 1.29 is 9.21 Å². The molecule has 0 aliphatic rings. The highest BCUT2D eigenvalue weighted by molar-refractivity contribution is 8.00. The van der Waals surface area contributed by atoms with Gasteiger partial charge in [0.15, 0.2) is 10.9 Å². The lowest BCUT2D eigenvalue weighted by Gasteiger charge is -2.13. The van der Waals surface area contributed by atoms with Crippen LogP contribution in [-0.2, 0) is 4.79 Å². The van der Waals surface area contributed by atoms with Crippen molar-refractivity contribution in [3.8, 4) is 17.3 Å². The fourth-order valence-electron chi connectivity index (χ4n) is 2.70. The molecule has 1 N–H and O–H groups in total. The first-order chi connectivity index (χ1) is 13.7. The molecule has 7 heteroatoms. The zero-order valence-corrected chi connectivity index (χ0v) is 16.0. The Labute approximate surface area is 166 Å². The van der Waals surface area contributed by atoms with Gasteiger partial charge in [0.2, 0.25) is 11.7 Å². The van der Waals surface area contributed by atoms with E-state index in [9.17, 15) is 4.79 Å². The van der Waals surface area contributed by atoms with Gasteiger partial charge in [-0.25, -0.2) is 0 Å². The molecule has 4 aromatic rings. The van der Waals surface area contributed by atoms with Crippen LogP contribution in [0.4, 0.5) is 5.69 Å². The maximum atomic E-state index is 12.6. The number of nitrogens with zero attached hydrogens (tertiary/aromatic N) is 3. The summed E-state index contributed by atoms with van der Waals surface area (Å²) < 4.78 is 7.41. The van der Waals surface area contributed by atoms with E-state index in [-0.39, 0.29) is 11.2 Å². The fraction of sp³-hybridized carbons (Fsp3) is 0.0952. The number of furan rings is 1. The Morgan fingerprint density at radius 2 is 1.71 bits per heavy atom. The third-order valence-corrected chi connectivity index (χ3v) is 5.12. The average molecular weight is 390 g/mol. The number of para-hydroxylation sites is 2. The number of benzene rings is 2. The van der Waals surface area contributed by atoms with E-state index in [0.717, 1.165) is 11.4 Å². The summed E-state index contributed by atoms with van der Waals surface area (Å²) in [6.07, 6.45) is 1.60. The van der Waals surface area contributed by atoms with Gasteiger partial charge in [-0.1, -0.05) is 48.2 Å². The van der Waals surface area contributed by atoms with E-state index >= 15 is 0 Å². The zero-order valence-electron chi connectivity index (χ0n) is 15.1. The van der Waals surface area contributed by atoms with E-state index in [1.165, 1.54) is 11.8 Å². The topological polar surface area (TPSA) is 73.0 Å². The van der Waals surface area contributed by atoms with Gasteiger partial charge in [0, 0.05) is 11.4 Å². The lowest BCUT2D eigenvalue weighted by Crippen LogP contribution is -2.22. The van der Waals surface area contributed by atoms with Crippen LogP contribution < -0.4 is 5.32 Å². The summed E-state index contributed by atoms with van der Waals surface area (Å²) in [7, 11) is 0. The van der Waals surface area contributed by atoms with Gasteiger partial charge in [0.1, 0.15) is 0 Å². The molecule has 0 spiro atoms. The van der Waals surface area contributed by atoms with Crippen LogP contribution in [0.3, 0.4) is 0 Å². The number of nitrogens with one attached hydrogen (secondary N) is 1. The van der Waals surface area contributed by atoms with Gasteiger partial charge in [0.25, 0.3) is 0 Å². The number of rotatable bonds is 6. The molecule has 2 aromatic heterocycles. The number of hydrogen-bond acceptors (Lipinski definition) is 5. The summed E-state index contributed by atoms with van der Waals surface area (Å²) in [6.45, 7) is 1.85. The summed E-state index contributed by atoms with van der Waals surface area (Å²) in [5.74, 6) is 1.11. The Hall–Kier alpha value is -3.32. The van der Waals surface area contributed by atoms with Gasteiger partial charge in [-0.3, -0.25) is 9.36 Å². The SMILES string of the molecule is CC(Sc1nnc(-c2ccco2)n1-c1ccccc1)C(=O)Nc1ccccc1. The maximum Gasteiger partial charge on any atom is 0.237 e. The van der Waals surface area contributed by atoms with Crippen LogP contribution >= 0.6 is 11.8 Å². The Morgan fingerprint density at radius 3 is 2.39 bits per heavy atom.